The van der Waals surface area contributed by atoms with Crippen LogP contribution in [0.15, 0.2) is 20.7 Å². The number of hydrogen-bond donors (Lipinski definition) is 2. The van der Waals surface area contributed by atoms with Crippen LogP contribution in [-0.2, 0) is 26.4 Å². The van der Waals surface area contributed by atoms with Crippen LogP contribution < -0.4 is 16.4 Å². The highest BCUT2D eigenvalue weighted by Gasteiger charge is 2.16. The lowest BCUT2D eigenvalue weighted by atomic mass is 10.6. The molecule has 0 atom stereocenters. The molecule has 0 saturated carbocycles. The smallest absolute Gasteiger partial charge is 0.298 e. The number of H-pyrrole nitrogens is 1. The Kier molecular flexibility index (Phi) is 4.32. The molecule has 0 amide bonds. The van der Waals surface area contributed by atoms with Gasteiger partial charge in [0.25, 0.3) is 5.56 Å². The van der Waals surface area contributed by atoms with Crippen molar-refractivity contribution in [3.63, 3.8) is 0 Å². The van der Waals surface area contributed by atoms with E-state index in [9.17, 15) is 26.4 Å². The molecule has 0 aliphatic carbocycles. The molecule has 0 unspecified atom stereocenters. The van der Waals surface area contributed by atoms with E-state index in [2.05, 4.69) is 0 Å². The second kappa shape index (κ2) is 5.27. The second-order valence-electron chi connectivity index (χ2n) is 3.73. The van der Waals surface area contributed by atoms with Crippen LogP contribution in [0.4, 0.5) is 0 Å². The summed E-state index contributed by atoms with van der Waals surface area (Å²) in [4.78, 5) is 23.6. The Morgan fingerprint density at radius 3 is 2.32 bits per heavy atom. The molecule has 1 heterocycles. The molecule has 3 N–H and O–H groups in total. The minimum absolute atomic E-state index is 0.104. The number of rotatable bonds is 5. The molecule has 1 aromatic heterocycles. The third-order valence-corrected chi connectivity index (χ3v) is 4.96. The first-order valence-electron chi connectivity index (χ1n) is 5.14. The lowest BCUT2D eigenvalue weighted by Crippen LogP contribution is -2.35. The van der Waals surface area contributed by atoms with Gasteiger partial charge in [0.05, 0.1) is 5.75 Å². The molecule has 0 aliphatic rings. The van der Waals surface area contributed by atoms with E-state index in [1.807, 2.05) is 0 Å². The van der Waals surface area contributed by atoms with Crippen molar-refractivity contribution in [1.29, 1.82) is 0 Å². The Bertz CT molecular complexity index is 787. The zero-order valence-electron chi connectivity index (χ0n) is 9.99. The molecule has 0 saturated heterocycles. The van der Waals surface area contributed by atoms with E-state index >= 15 is 0 Å². The molecular weight excluding hydrogens is 298 g/mol. The summed E-state index contributed by atoms with van der Waals surface area (Å²) >= 11 is 0. The molecule has 11 heteroatoms. The lowest BCUT2D eigenvalue weighted by molar-refractivity contribution is 0.581. The summed E-state index contributed by atoms with van der Waals surface area (Å²) in [5, 5.41) is 4.80. The maximum absolute atomic E-state index is 11.4. The van der Waals surface area contributed by atoms with Crippen molar-refractivity contribution in [2.45, 2.75) is 18.4 Å². The molecule has 0 aromatic carbocycles. The van der Waals surface area contributed by atoms with Crippen LogP contribution in [-0.4, -0.2) is 37.9 Å². The first kappa shape index (κ1) is 15.6. The molecular formula is C8H13N3O6S2. The Morgan fingerprint density at radius 2 is 1.84 bits per heavy atom. The summed E-state index contributed by atoms with van der Waals surface area (Å²) in [5.41, 5.74) is -2.04. The molecule has 108 valence electrons. The van der Waals surface area contributed by atoms with Crippen molar-refractivity contribution in [2.24, 2.45) is 5.14 Å². The highest BCUT2D eigenvalue weighted by atomic mass is 32.2. The third kappa shape index (κ3) is 4.01. The van der Waals surface area contributed by atoms with Gasteiger partial charge in [-0.2, -0.15) is 0 Å². The topological polar surface area (TPSA) is 149 Å². The lowest BCUT2D eigenvalue weighted by Gasteiger charge is -2.06. The van der Waals surface area contributed by atoms with Crippen molar-refractivity contribution in [3.05, 3.63) is 27.0 Å². The van der Waals surface area contributed by atoms with E-state index < -0.39 is 36.0 Å². The molecule has 19 heavy (non-hydrogen) atoms. The summed E-state index contributed by atoms with van der Waals surface area (Å²) < 4.78 is 45.6. The first-order valence-corrected chi connectivity index (χ1v) is 8.50. The fourth-order valence-corrected chi connectivity index (χ4v) is 2.59. The van der Waals surface area contributed by atoms with Gasteiger partial charge in [0.15, 0.2) is 14.7 Å². The molecule has 1 rings (SSSR count). The van der Waals surface area contributed by atoms with E-state index in [1.165, 1.54) is 6.92 Å². The number of aryl methyl sites for hydroxylation is 1. The number of sulfone groups is 1. The van der Waals surface area contributed by atoms with Gasteiger partial charge in [-0.05, 0) is 0 Å². The average molecular weight is 311 g/mol. The minimum Gasteiger partial charge on any atom is -0.298 e. The van der Waals surface area contributed by atoms with Crippen molar-refractivity contribution in [1.82, 2.24) is 9.55 Å². The Hall–Kier alpha value is -1.46. The number of nitrogens with two attached hydrogens (primary N) is 1. The number of hydrogen-bond acceptors (Lipinski definition) is 6. The highest BCUT2D eigenvalue weighted by molar-refractivity contribution is 7.91. The molecule has 0 aliphatic heterocycles. The Balaban J connectivity index is 3.25. The van der Waals surface area contributed by atoms with Crippen LogP contribution in [0.2, 0.25) is 0 Å². The molecule has 1 aromatic rings. The van der Waals surface area contributed by atoms with Gasteiger partial charge >= 0.3 is 5.69 Å². The summed E-state index contributed by atoms with van der Waals surface area (Å²) in [7, 11) is -7.61. The van der Waals surface area contributed by atoms with Gasteiger partial charge in [0.1, 0.15) is 0 Å². The summed E-state index contributed by atoms with van der Waals surface area (Å²) in [6.45, 7) is 1.18. The van der Waals surface area contributed by atoms with E-state index in [0.29, 0.717) is 0 Å². The van der Waals surface area contributed by atoms with Gasteiger partial charge in [-0.3, -0.25) is 14.3 Å². The third-order valence-electron chi connectivity index (χ3n) is 2.37. The van der Waals surface area contributed by atoms with Crippen molar-refractivity contribution >= 4 is 19.9 Å². The molecule has 9 nitrogen and oxygen atoms in total. The maximum atomic E-state index is 11.4. The van der Waals surface area contributed by atoms with Crippen LogP contribution in [0, 0.1) is 0 Å². The van der Waals surface area contributed by atoms with Crippen LogP contribution in [0.25, 0.3) is 0 Å². The quantitative estimate of drug-likeness (QED) is 0.620. The van der Waals surface area contributed by atoms with Gasteiger partial charge < -0.3 is 0 Å². The van der Waals surface area contributed by atoms with Gasteiger partial charge in [0.2, 0.25) is 10.0 Å². The number of aromatic nitrogens is 2. The first-order chi connectivity index (χ1) is 8.57. The molecule has 0 bridgehead atoms. The number of nitrogens with zero attached hydrogens (tertiary/aromatic N) is 1. The maximum Gasteiger partial charge on any atom is 0.328 e. The minimum atomic E-state index is -4.29. The van der Waals surface area contributed by atoms with E-state index in [4.69, 9.17) is 5.14 Å². The molecule has 0 spiro atoms. The molecule has 0 fully saturated rings. The van der Waals surface area contributed by atoms with Crippen LogP contribution >= 0.6 is 0 Å². The highest BCUT2D eigenvalue weighted by Crippen LogP contribution is 1.97. The van der Waals surface area contributed by atoms with Crippen LogP contribution in [0.1, 0.15) is 6.92 Å². The standard InChI is InChI=1S/C8H13N3O6S2/c1-2-18(14,15)4-3-11-5-6(19(9,16)17)7(12)10-8(11)13/h5H,2-4H2,1H3,(H2,9,16,17)(H,10,12,13). The fraction of sp³-hybridized carbons (Fsp3) is 0.500. The van der Waals surface area contributed by atoms with Gasteiger partial charge in [-0.15, -0.1) is 0 Å². The van der Waals surface area contributed by atoms with Crippen molar-refractivity contribution in [3.8, 4) is 0 Å². The Morgan fingerprint density at radius 1 is 1.26 bits per heavy atom. The summed E-state index contributed by atoms with van der Waals surface area (Å²) in [5.74, 6) is -0.452. The molecule has 0 radical (unpaired) electrons. The largest absolute Gasteiger partial charge is 0.328 e. The van der Waals surface area contributed by atoms with Crippen LogP contribution in [0.3, 0.4) is 0 Å². The van der Waals surface area contributed by atoms with Crippen LogP contribution in [0.5, 0.6) is 0 Å². The number of nitrogens with one attached hydrogen (secondary N) is 1. The van der Waals surface area contributed by atoms with Gasteiger partial charge in [0, 0.05) is 18.5 Å². The van der Waals surface area contributed by atoms with E-state index in [1.54, 1.807) is 4.98 Å². The number of primary sulfonamides is 1. The SMILES string of the molecule is CCS(=O)(=O)CCn1cc(S(N)(=O)=O)c(=O)[nH]c1=O. The van der Waals surface area contributed by atoms with Crippen molar-refractivity contribution in [2.75, 3.05) is 11.5 Å². The van der Waals surface area contributed by atoms with Gasteiger partial charge in [-0.25, -0.2) is 26.8 Å². The second-order valence-corrected chi connectivity index (χ2v) is 7.73. The predicted octanol–water partition coefficient (Wildman–Crippen LogP) is -2.38. The van der Waals surface area contributed by atoms with E-state index in [0.717, 1.165) is 10.8 Å². The van der Waals surface area contributed by atoms with E-state index in [-0.39, 0.29) is 18.1 Å². The average Bonchev–Trinajstić information content (AvgIpc) is 2.26. The van der Waals surface area contributed by atoms with Crippen molar-refractivity contribution < 1.29 is 16.8 Å². The predicted molar refractivity (Wildman–Crippen MR) is 67.0 cm³/mol. The fourth-order valence-electron chi connectivity index (χ4n) is 1.24. The zero-order valence-corrected chi connectivity index (χ0v) is 11.6. The summed E-state index contributed by atoms with van der Waals surface area (Å²) in [6.07, 6.45) is 0.738. The monoisotopic (exact) mass is 311 g/mol. The number of aromatic amines is 1. The number of sulfonamides is 1. The zero-order chi connectivity index (χ0) is 14.8. The normalized spacial score (nSPS) is 12.5. The Labute approximate surface area is 109 Å². The summed E-state index contributed by atoms with van der Waals surface area (Å²) in [6, 6.07) is 0. The van der Waals surface area contributed by atoms with Gasteiger partial charge in [-0.1, -0.05) is 6.92 Å².